The molecule has 0 spiro atoms. The van der Waals surface area contributed by atoms with Gasteiger partial charge in [-0.25, -0.2) is 13.6 Å². The van der Waals surface area contributed by atoms with Crippen LogP contribution in [0.1, 0.15) is 29.3 Å². The van der Waals surface area contributed by atoms with Gasteiger partial charge in [0, 0.05) is 0 Å². The maximum Gasteiger partial charge on any atom is 0.371 e. The zero-order valence-corrected chi connectivity index (χ0v) is 9.29. The highest BCUT2D eigenvalue weighted by molar-refractivity contribution is 5.84. The van der Waals surface area contributed by atoms with E-state index in [1.165, 1.54) is 13.0 Å². The number of nitrogens with one attached hydrogen (secondary N) is 1. The molecule has 18 heavy (non-hydrogen) atoms. The van der Waals surface area contributed by atoms with Crippen molar-refractivity contribution in [2.24, 2.45) is 0 Å². The third-order valence-electron chi connectivity index (χ3n) is 2.23. The van der Waals surface area contributed by atoms with Crippen LogP contribution in [0.25, 0.3) is 0 Å². The van der Waals surface area contributed by atoms with Gasteiger partial charge in [0.15, 0.2) is 0 Å². The summed E-state index contributed by atoms with van der Waals surface area (Å²) in [5.74, 6) is -5.71. The lowest BCUT2D eigenvalue weighted by molar-refractivity contribution is -0.126. The quantitative estimate of drug-likeness (QED) is 0.779. The number of carboxylic acid groups (broad SMARTS) is 1. The van der Waals surface area contributed by atoms with Crippen LogP contribution in [0.5, 0.6) is 0 Å². The van der Waals surface area contributed by atoms with Crippen molar-refractivity contribution in [1.82, 2.24) is 5.32 Å². The third kappa shape index (κ3) is 3.46. The molecular formula is C10H11F4NO3. The summed E-state index contributed by atoms with van der Waals surface area (Å²) in [6.07, 6.45) is -3.76. The molecular weight excluding hydrogens is 258 g/mol. The summed E-state index contributed by atoms with van der Waals surface area (Å²) in [5, 5.41) is 10.7. The van der Waals surface area contributed by atoms with E-state index in [9.17, 15) is 22.4 Å². The molecule has 102 valence electrons. The summed E-state index contributed by atoms with van der Waals surface area (Å²) in [5.41, 5.74) is 0. The van der Waals surface area contributed by atoms with E-state index in [0.29, 0.717) is 0 Å². The van der Waals surface area contributed by atoms with Crippen LogP contribution >= 0.6 is 0 Å². The fraction of sp³-hybridized carbons (Fsp3) is 0.500. The number of rotatable bonds is 6. The standard InChI is InChI=1S/C10H11F4NO3/c1-5(15-4-10(13,14)9(11)12)6-2-3-7(18-6)8(16)17/h2-3,5,9,15H,4H2,1H3,(H,16,17). The van der Waals surface area contributed by atoms with E-state index in [2.05, 4.69) is 5.32 Å². The monoisotopic (exact) mass is 269 g/mol. The molecule has 0 aromatic carbocycles. The van der Waals surface area contributed by atoms with E-state index in [1.807, 2.05) is 0 Å². The minimum absolute atomic E-state index is 0.0810. The van der Waals surface area contributed by atoms with E-state index in [4.69, 9.17) is 9.52 Å². The molecule has 0 fully saturated rings. The van der Waals surface area contributed by atoms with Crippen molar-refractivity contribution in [3.05, 3.63) is 23.7 Å². The van der Waals surface area contributed by atoms with Crippen molar-refractivity contribution < 1.29 is 31.9 Å². The number of furan rings is 1. The van der Waals surface area contributed by atoms with E-state index in [0.717, 1.165) is 6.07 Å². The Labute approximate surface area is 99.6 Å². The molecule has 0 saturated carbocycles. The average Bonchev–Trinajstić information content (AvgIpc) is 2.75. The molecule has 1 aromatic rings. The van der Waals surface area contributed by atoms with Crippen LogP contribution in [0.2, 0.25) is 0 Å². The Morgan fingerprint density at radius 3 is 2.56 bits per heavy atom. The molecule has 1 aromatic heterocycles. The van der Waals surface area contributed by atoms with Crippen molar-refractivity contribution in [3.8, 4) is 0 Å². The zero-order chi connectivity index (χ0) is 13.9. The summed E-state index contributed by atoms with van der Waals surface area (Å²) in [4.78, 5) is 10.5. The van der Waals surface area contributed by atoms with Gasteiger partial charge < -0.3 is 14.8 Å². The lowest BCUT2D eigenvalue weighted by atomic mass is 10.2. The van der Waals surface area contributed by atoms with E-state index in [-0.39, 0.29) is 11.5 Å². The van der Waals surface area contributed by atoms with Gasteiger partial charge in [-0.3, -0.25) is 0 Å². The largest absolute Gasteiger partial charge is 0.475 e. The van der Waals surface area contributed by atoms with Gasteiger partial charge >= 0.3 is 18.3 Å². The molecule has 1 heterocycles. The van der Waals surface area contributed by atoms with Gasteiger partial charge in [-0.1, -0.05) is 0 Å². The van der Waals surface area contributed by atoms with Crippen LogP contribution in [0.3, 0.4) is 0 Å². The van der Waals surface area contributed by atoms with Gasteiger partial charge in [0.2, 0.25) is 5.76 Å². The predicted molar refractivity (Wildman–Crippen MR) is 53.0 cm³/mol. The second-order valence-corrected chi connectivity index (χ2v) is 3.67. The fourth-order valence-electron chi connectivity index (χ4n) is 1.17. The number of carbonyl (C=O) groups is 1. The second-order valence-electron chi connectivity index (χ2n) is 3.67. The van der Waals surface area contributed by atoms with Crippen LogP contribution in [0, 0.1) is 0 Å². The number of carboxylic acids is 1. The molecule has 2 N–H and O–H groups in total. The Balaban J connectivity index is 2.60. The smallest absolute Gasteiger partial charge is 0.371 e. The van der Waals surface area contributed by atoms with Gasteiger partial charge in [-0.05, 0) is 19.1 Å². The lowest BCUT2D eigenvalue weighted by Gasteiger charge is -2.18. The third-order valence-corrected chi connectivity index (χ3v) is 2.23. The van der Waals surface area contributed by atoms with Crippen molar-refractivity contribution in [3.63, 3.8) is 0 Å². The first-order valence-corrected chi connectivity index (χ1v) is 4.96. The molecule has 0 amide bonds. The molecule has 1 atom stereocenters. The number of aromatic carboxylic acids is 1. The fourth-order valence-corrected chi connectivity index (χ4v) is 1.17. The highest BCUT2D eigenvalue weighted by atomic mass is 19.3. The van der Waals surface area contributed by atoms with E-state index in [1.54, 1.807) is 0 Å². The lowest BCUT2D eigenvalue weighted by Crippen LogP contribution is -2.39. The van der Waals surface area contributed by atoms with Crippen molar-refractivity contribution in [2.75, 3.05) is 6.54 Å². The number of halogens is 4. The van der Waals surface area contributed by atoms with Crippen molar-refractivity contribution >= 4 is 5.97 Å². The van der Waals surface area contributed by atoms with Gasteiger partial charge in [0.1, 0.15) is 5.76 Å². The number of hydrogen-bond donors (Lipinski definition) is 2. The number of alkyl halides is 4. The topological polar surface area (TPSA) is 62.5 Å². The minimum Gasteiger partial charge on any atom is -0.475 e. The summed E-state index contributed by atoms with van der Waals surface area (Å²) >= 11 is 0. The Morgan fingerprint density at radius 1 is 1.50 bits per heavy atom. The minimum atomic E-state index is -4.14. The number of hydrogen-bond acceptors (Lipinski definition) is 3. The molecule has 0 bridgehead atoms. The van der Waals surface area contributed by atoms with Crippen molar-refractivity contribution in [1.29, 1.82) is 0 Å². The first-order valence-electron chi connectivity index (χ1n) is 4.96. The molecule has 0 aliphatic heterocycles. The van der Waals surface area contributed by atoms with Crippen LogP contribution in [0.15, 0.2) is 16.5 Å². The molecule has 1 unspecified atom stereocenters. The van der Waals surface area contributed by atoms with Gasteiger partial charge in [0.05, 0.1) is 12.6 Å². The molecule has 1 rings (SSSR count). The summed E-state index contributed by atoms with van der Waals surface area (Å²) < 4.78 is 53.8. The first kappa shape index (κ1) is 14.5. The normalized spacial score (nSPS) is 13.9. The molecule has 0 radical (unpaired) electrons. The Morgan fingerprint density at radius 2 is 2.11 bits per heavy atom. The van der Waals surface area contributed by atoms with E-state index >= 15 is 0 Å². The summed E-state index contributed by atoms with van der Waals surface area (Å²) in [6.45, 7) is 0.168. The second kappa shape index (κ2) is 5.38. The van der Waals surface area contributed by atoms with Gasteiger partial charge in [0.25, 0.3) is 0 Å². The van der Waals surface area contributed by atoms with Crippen LogP contribution in [0.4, 0.5) is 17.6 Å². The molecule has 0 aliphatic rings. The van der Waals surface area contributed by atoms with Crippen molar-refractivity contribution in [2.45, 2.75) is 25.3 Å². The highest BCUT2D eigenvalue weighted by Gasteiger charge is 2.40. The predicted octanol–water partition coefficient (Wildman–Crippen LogP) is 2.53. The Kier molecular flexibility index (Phi) is 4.33. The summed E-state index contributed by atoms with van der Waals surface area (Å²) in [7, 11) is 0. The van der Waals surface area contributed by atoms with Crippen LogP contribution < -0.4 is 5.32 Å². The Bertz CT molecular complexity index is 419. The Hall–Kier alpha value is -1.57. The molecule has 0 aliphatic carbocycles. The average molecular weight is 269 g/mol. The molecule has 0 saturated heterocycles. The first-order chi connectivity index (χ1) is 8.24. The maximum absolute atomic E-state index is 12.6. The highest BCUT2D eigenvalue weighted by Crippen LogP contribution is 2.23. The van der Waals surface area contributed by atoms with Gasteiger partial charge in [-0.2, -0.15) is 8.78 Å². The molecule has 8 heteroatoms. The van der Waals surface area contributed by atoms with Gasteiger partial charge in [-0.15, -0.1) is 0 Å². The molecule has 4 nitrogen and oxygen atoms in total. The summed E-state index contributed by atoms with van der Waals surface area (Å²) in [6, 6.07) is 1.63. The maximum atomic E-state index is 12.6. The van der Waals surface area contributed by atoms with Crippen LogP contribution in [-0.4, -0.2) is 30.0 Å². The zero-order valence-electron chi connectivity index (χ0n) is 9.29. The van der Waals surface area contributed by atoms with E-state index < -0.39 is 30.9 Å². The SMILES string of the molecule is CC(NCC(F)(F)C(F)F)c1ccc(C(=O)O)o1. The van der Waals surface area contributed by atoms with Crippen LogP contribution in [-0.2, 0) is 0 Å².